The molecule has 0 aliphatic heterocycles. The van der Waals surface area contributed by atoms with Gasteiger partial charge in [-0.2, -0.15) is 0 Å². The summed E-state index contributed by atoms with van der Waals surface area (Å²) in [5.41, 5.74) is 2.29. The van der Waals surface area contributed by atoms with E-state index >= 15 is 0 Å². The van der Waals surface area contributed by atoms with E-state index in [2.05, 4.69) is 17.1 Å². The van der Waals surface area contributed by atoms with Gasteiger partial charge >= 0.3 is 0 Å². The van der Waals surface area contributed by atoms with E-state index in [-0.39, 0.29) is 18.6 Å². The third-order valence-corrected chi connectivity index (χ3v) is 4.71. The average molecular weight is 338 g/mol. The normalized spacial score (nSPS) is 14.6. The number of benzene rings is 1. The van der Waals surface area contributed by atoms with Gasteiger partial charge in [0.15, 0.2) is 0 Å². The molecule has 1 heterocycles. The minimum absolute atomic E-state index is 0.0617. The molecule has 0 N–H and O–H groups in total. The van der Waals surface area contributed by atoms with Gasteiger partial charge in [-0.05, 0) is 36.5 Å². The molecule has 0 radical (unpaired) electrons. The molecule has 1 aliphatic rings. The molecule has 0 atom stereocenters. The Morgan fingerprint density at radius 1 is 1.08 bits per heavy atom. The summed E-state index contributed by atoms with van der Waals surface area (Å²) in [7, 11) is 0. The van der Waals surface area contributed by atoms with Crippen LogP contribution < -0.4 is 0 Å². The van der Waals surface area contributed by atoms with Gasteiger partial charge in [-0.15, -0.1) is 0 Å². The van der Waals surface area contributed by atoms with E-state index in [0.29, 0.717) is 13.1 Å². The third kappa shape index (κ3) is 5.68. The predicted molar refractivity (Wildman–Crippen MR) is 98.0 cm³/mol. The summed E-state index contributed by atoms with van der Waals surface area (Å²) < 4.78 is 5.83. The van der Waals surface area contributed by atoms with Crippen LogP contribution in [0.4, 0.5) is 0 Å². The zero-order chi connectivity index (χ0) is 17.3. The molecule has 132 valence electrons. The molecule has 4 nitrogen and oxygen atoms in total. The molecule has 1 fully saturated rings. The molecule has 0 unspecified atom stereocenters. The lowest BCUT2D eigenvalue weighted by Gasteiger charge is -2.24. The van der Waals surface area contributed by atoms with E-state index in [0.717, 1.165) is 24.8 Å². The fraction of sp³-hybridized carbons (Fsp3) is 0.429. The van der Waals surface area contributed by atoms with Crippen molar-refractivity contribution < 1.29 is 9.53 Å². The summed E-state index contributed by atoms with van der Waals surface area (Å²) in [4.78, 5) is 18.7. The van der Waals surface area contributed by atoms with Gasteiger partial charge in [-0.25, -0.2) is 0 Å². The predicted octanol–water partition coefficient (Wildman–Crippen LogP) is 3.61. The van der Waals surface area contributed by atoms with Crippen LogP contribution in [-0.4, -0.2) is 35.0 Å². The fourth-order valence-corrected chi connectivity index (χ4v) is 3.25. The second-order valence-electron chi connectivity index (χ2n) is 6.63. The highest BCUT2D eigenvalue weighted by Crippen LogP contribution is 2.21. The summed E-state index contributed by atoms with van der Waals surface area (Å²) in [5.74, 6) is 0.0617. The number of carbonyl (C=O) groups is 1. The monoisotopic (exact) mass is 338 g/mol. The van der Waals surface area contributed by atoms with Gasteiger partial charge in [0.05, 0.1) is 6.10 Å². The Balaban J connectivity index is 1.59. The van der Waals surface area contributed by atoms with Crippen LogP contribution in [0, 0.1) is 0 Å². The Bertz CT molecular complexity index is 639. The number of rotatable bonds is 8. The lowest BCUT2D eigenvalue weighted by atomic mass is 10.1. The Morgan fingerprint density at radius 3 is 2.56 bits per heavy atom. The topological polar surface area (TPSA) is 42.4 Å². The zero-order valence-electron chi connectivity index (χ0n) is 14.6. The first kappa shape index (κ1) is 17.6. The maximum absolute atomic E-state index is 12.7. The minimum atomic E-state index is 0.0617. The first-order valence-corrected chi connectivity index (χ1v) is 9.13. The van der Waals surface area contributed by atoms with E-state index in [1.165, 1.54) is 18.4 Å². The van der Waals surface area contributed by atoms with Gasteiger partial charge in [-0.1, -0.05) is 49.2 Å². The van der Waals surface area contributed by atoms with E-state index in [9.17, 15) is 4.79 Å². The van der Waals surface area contributed by atoms with Crippen molar-refractivity contribution in [2.75, 3.05) is 13.2 Å². The minimum Gasteiger partial charge on any atom is -0.368 e. The maximum Gasteiger partial charge on any atom is 0.248 e. The number of hydrogen-bond donors (Lipinski definition) is 0. The summed E-state index contributed by atoms with van der Waals surface area (Å²) in [6, 6.07) is 14.2. The van der Waals surface area contributed by atoms with Crippen LogP contribution in [-0.2, 0) is 22.5 Å². The number of nitrogens with zero attached hydrogens (tertiary/aromatic N) is 2. The highest BCUT2D eigenvalue weighted by atomic mass is 16.5. The molecule has 0 saturated heterocycles. The smallest absolute Gasteiger partial charge is 0.248 e. The lowest BCUT2D eigenvalue weighted by Crippen LogP contribution is -2.36. The summed E-state index contributed by atoms with van der Waals surface area (Å²) in [5, 5.41) is 0. The van der Waals surface area contributed by atoms with Crippen molar-refractivity contribution in [3.8, 4) is 0 Å². The van der Waals surface area contributed by atoms with Crippen molar-refractivity contribution in [3.05, 3.63) is 66.0 Å². The summed E-state index contributed by atoms with van der Waals surface area (Å²) in [6.07, 6.45) is 9.27. The van der Waals surface area contributed by atoms with Crippen LogP contribution in [0.1, 0.15) is 36.8 Å². The van der Waals surface area contributed by atoms with Crippen molar-refractivity contribution in [1.82, 2.24) is 9.88 Å². The number of ether oxygens (including phenoxy) is 1. The zero-order valence-corrected chi connectivity index (χ0v) is 14.6. The first-order chi connectivity index (χ1) is 12.3. The first-order valence-electron chi connectivity index (χ1n) is 9.13. The molecule has 1 aromatic carbocycles. The molecular weight excluding hydrogens is 312 g/mol. The van der Waals surface area contributed by atoms with Crippen LogP contribution in [0.15, 0.2) is 54.9 Å². The molecule has 1 aromatic heterocycles. The van der Waals surface area contributed by atoms with Crippen LogP contribution >= 0.6 is 0 Å². The molecule has 2 aromatic rings. The molecule has 1 saturated carbocycles. The molecule has 25 heavy (non-hydrogen) atoms. The van der Waals surface area contributed by atoms with Crippen molar-refractivity contribution in [1.29, 1.82) is 0 Å². The van der Waals surface area contributed by atoms with Crippen LogP contribution in [0.5, 0.6) is 0 Å². The van der Waals surface area contributed by atoms with Crippen LogP contribution in [0.3, 0.4) is 0 Å². The van der Waals surface area contributed by atoms with Gasteiger partial charge in [0, 0.05) is 25.5 Å². The van der Waals surface area contributed by atoms with E-state index < -0.39 is 0 Å². The third-order valence-electron chi connectivity index (χ3n) is 4.71. The number of hydrogen-bond acceptors (Lipinski definition) is 3. The maximum atomic E-state index is 12.7. The second kappa shape index (κ2) is 9.33. The molecule has 1 amide bonds. The summed E-state index contributed by atoms with van der Waals surface area (Å²) >= 11 is 0. The SMILES string of the molecule is O=C(COC1CCCC1)N(CCc1ccccc1)Cc1cccnc1. The Hall–Kier alpha value is -2.20. The summed E-state index contributed by atoms with van der Waals surface area (Å²) in [6.45, 7) is 1.44. The largest absolute Gasteiger partial charge is 0.368 e. The quantitative estimate of drug-likeness (QED) is 0.738. The number of carbonyl (C=O) groups excluding carboxylic acids is 1. The molecule has 0 spiro atoms. The highest BCUT2D eigenvalue weighted by Gasteiger charge is 2.19. The highest BCUT2D eigenvalue weighted by molar-refractivity contribution is 5.77. The van der Waals surface area contributed by atoms with E-state index in [4.69, 9.17) is 4.74 Å². The number of aromatic nitrogens is 1. The van der Waals surface area contributed by atoms with Crippen molar-refractivity contribution in [2.24, 2.45) is 0 Å². The Labute approximate surface area is 149 Å². The standard InChI is InChI=1S/C21H26N2O2/c24-21(17-25-20-10-4-5-11-20)23(16-19-9-6-13-22-15-19)14-12-18-7-2-1-3-8-18/h1-3,6-9,13,15,20H,4-5,10-12,14,16-17H2. The number of pyridine rings is 1. The van der Waals surface area contributed by atoms with Gasteiger partial charge in [-0.3, -0.25) is 9.78 Å². The average Bonchev–Trinajstić information content (AvgIpc) is 3.18. The fourth-order valence-electron chi connectivity index (χ4n) is 3.25. The Kier molecular flexibility index (Phi) is 6.57. The van der Waals surface area contributed by atoms with Gasteiger partial charge in [0.2, 0.25) is 5.91 Å². The Morgan fingerprint density at radius 2 is 1.84 bits per heavy atom. The van der Waals surface area contributed by atoms with Gasteiger partial charge < -0.3 is 9.64 Å². The van der Waals surface area contributed by atoms with Gasteiger partial charge in [0.25, 0.3) is 0 Å². The molecule has 0 bridgehead atoms. The van der Waals surface area contributed by atoms with Crippen molar-refractivity contribution in [2.45, 2.75) is 44.8 Å². The van der Waals surface area contributed by atoms with Crippen LogP contribution in [0.25, 0.3) is 0 Å². The van der Waals surface area contributed by atoms with Crippen molar-refractivity contribution in [3.63, 3.8) is 0 Å². The molecular formula is C21H26N2O2. The molecule has 4 heteroatoms. The number of amides is 1. The van der Waals surface area contributed by atoms with Gasteiger partial charge in [0.1, 0.15) is 6.61 Å². The lowest BCUT2D eigenvalue weighted by molar-refractivity contribution is -0.138. The molecule has 1 aliphatic carbocycles. The van der Waals surface area contributed by atoms with E-state index in [1.54, 1.807) is 6.20 Å². The van der Waals surface area contributed by atoms with E-state index in [1.807, 2.05) is 41.4 Å². The van der Waals surface area contributed by atoms with Crippen LogP contribution in [0.2, 0.25) is 0 Å². The molecule has 3 rings (SSSR count). The second-order valence-corrected chi connectivity index (χ2v) is 6.63. The van der Waals surface area contributed by atoms with Crippen molar-refractivity contribution >= 4 is 5.91 Å².